The van der Waals surface area contributed by atoms with E-state index in [1.165, 1.54) is 32.4 Å². The minimum absolute atomic E-state index is 0.107. The number of nitrogens with one attached hydrogen (secondary N) is 2. The van der Waals surface area contributed by atoms with Crippen molar-refractivity contribution in [1.29, 1.82) is 0 Å². The molecule has 2 N–H and O–H groups in total. The Morgan fingerprint density at radius 1 is 1.33 bits per heavy atom. The van der Waals surface area contributed by atoms with E-state index in [1.807, 2.05) is 0 Å². The van der Waals surface area contributed by atoms with Crippen molar-refractivity contribution in [3.05, 3.63) is 18.3 Å². The number of ether oxygens (including phenoxy) is 1. The molecule has 0 aliphatic carbocycles. The number of methoxy groups -OCH3 is 1. The smallest absolute Gasteiger partial charge is 0.291 e. The molecule has 0 radical (unpaired) electrons. The van der Waals surface area contributed by atoms with Gasteiger partial charge in [0.15, 0.2) is 0 Å². The fourth-order valence-electron chi connectivity index (χ4n) is 1.28. The summed E-state index contributed by atoms with van der Waals surface area (Å²) in [5, 5.41) is 9.57. The van der Waals surface area contributed by atoms with Crippen molar-refractivity contribution in [3.8, 4) is 5.88 Å². The molecule has 1 amide bonds. The van der Waals surface area contributed by atoms with Crippen LogP contribution in [0.1, 0.15) is 6.92 Å². The van der Waals surface area contributed by atoms with Crippen molar-refractivity contribution >= 4 is 38.1 Å². The molecule has 11 heteroatoms. The maximum absolute atomic E-state index is 12.1. The number of nitrogens with zero attached hydrogens (tertiary/aromatic N) is 3. The van der Waals surface area contributed by atoms with E-state index in [9.17, 15) is 13.2 Å². The van der Waals surface area contributed by atoms with Gasteiger partial charge in [-0.1, -0.05) is 11.3 Å². The van der Waals surface area contributed by atoms with Crippen molar-refractivity contribution in [1.82, 2.24) is 15.2 Å². The van der Waals surface area contributed by atoms with Gasteiger partial charge in [0.05, 0.1) is 19.0 Å². The molecule has 9 nitrogen and oxygen atoms in total. The molecular formula is C10H11N5O4S2. The van der Waals surface area contributed by atoms with Gasteiger partial charge in [-0.15, -0.1) is 10.2 Å². The van der Waals surface area contributed by atoms with Gasteiger partial charge >= 0.3 is 0 Å². The fourth-order valence-corrected chi connectivity index (χ4v) is 3.27. The number of hydrogen-bond acceptors (Lipinski definition) is 8. The van der Waals surface area contributed by atoms with Gasteiger partial charge in [0, 0.05) is 13.0 Å². The highest BCUT2D eigenvalue weighted by molar-refractivity contribution is 7.94. The van der Waals surface area contributed by atoms with E-state index in [0.29, 0.717) is 5.88 Å². The quantitative estimate of drug-likeness (QED) is 0.774. The first-order chi connectivity index (χ1) is 9.90. The summed E-state index contributed by atoms with van der Waals surface area (Å²) in [5.74, 6) is 0.00391. The largest absolute Gasteiger partial charge is 0.481 e. The summed E-state index contributed by atoms with van der Waals surface area (Å²) in [6.45, 7) is 1.29. The van der Waals surface area contributed by atoms with Gasteiger partial charge in [-0.05, 0) is 6.07 Å². The summed E-state index contributed by atoms with van der Waals surface area (Å²) < 4.78 is 31.1. The number of anilines is 2. The molecule has 2 heterocycles. The Morgan fingerprint density at radius 3 is 2.67 bits per heavy atom. The summed E-state index contributed by atoms with van der Waals surface area (Å²) in [4.78, 5) is 14.7. The third-order valence-electron chi connectivity index (χ3n) is 2.12. The molecule has 2 rings (SSSR count). The van der Waals surface area contributed by atoms with Gasteiger partial charge < -0.3 is 10.1 Å². The molecule has 0 aliphatic rings. The molecule has 0 aromatic carbocycles. The van der Waals surface area contributed by atoms with E-state index in [4.69, 9.17) is 4.74 Å². The predicted octanol–water partition coefficient (Wildman–Crippen LogP) is 0.701. The van der Waals surface area contributed by atoms with Crippen molar-refractivity contribution in [2.45, 2.75) is 11.3 Å². The van der Waals surface area contributed by atoms with Crippen LogP contribution in [0.3, 0.4) is 0 Å². The summed E-state index contributed by atoms with van der Waals surface area (Å²) in [6.07, 6.45) is 1.31. The van der Waals surface area contributed by atoms with Crippen LogP contribution in [0.5, 0.6) is 5.88 Å². The van der Waals surface area contributed by atoms with Crippen molar-refractivity contribution < 1.29 is 17.9 Å². The monoisotopic (exact) mass is 329 g/mol. The highest BCUT2D eigenvalue weighted by Gasteiger charge is 2.20. The number of rotatable bonds is 5. The highest BCUT2D eigenvalue weighted by atomic mass is 32.2. The normalized spacial score (nSPS) is 11.0. The summed E-state index contributed by atoms with van der Waals surface area (Å²) >= 11 is 0.745. The molecule has 0 saturated carbocycles. The lowest BCUT2D eigenvalue weighted by Gasteiger charge is -2.05. The third kappa shape index (κ3) is 3.86. The second-order valence-electron chi connectivity index (χ2n) is 3.75. The number of aromatic nitrogens is 3. The second-order valence-corrected chi connectivity index (χ2v) is 6.58. The lowest BCUT2D eigenvalue weighted by Crippen LogP contribution is -2.12. The van der Waals surface area contributed by atoms with E-state index in [1.54, 1.807) is 0 Å². The first-order valence-electron chi connectivity index (χ1n) is 5.54. The molecule has 0 fully saturated rings. The average Bonchev–Trinajstić information content (AvgIpc) is 2.88. The first-order valence-corrected chi connectivity index (χ1v) is 7.84. The van der Waals surface area contributed by atoms with E-state index >= 15 is 0 Å². The minimum Gasteiger partial charge on any atom is -0.481 e. The van der Waals surface area contributed by atoms with Gasteiger partial charge in [0.2, 0.25) is 16.9 Å². The maximum atomic E-state index is 12.1. The molecule has 0 saturated heterocycles. The number of hydrogen-bond donors (Lipinski definition) is 2. The first kappa shape index (κ1) is 15.1. The Hall–Kier alpha value is -2.27. The molecular weight excluding hydrogens is 318 g/mol. The molecule has 2 aromatic heterocycles. The van der Waals surface area contributed by atoms with Crippen LogP contribution < -0.4 is 14.8 Å². The van der Waals surface area contributed by atoms with E-state index in [2.05, 4.69) is 25.2 Å². The number of carbonyl (C=O) groups is 1. The van der Waals surface area contributed by atoms with Crippen LogP contribution in [-0.2, 0) is 14.8 Å². The fraction of sp³-hybridized carbons (Fsp3) is 0.200. The van der Waals surface area contributed by atoms with Gasteiger partial charge in [-0.3, -0.25) is 9.52 Å². The Kier molecular flexibility index (Phi) is 4.33. The van der Waals surface area contributed by atoms with Gasteiger partial charge in [0.25, 0.3) is 14.4 Å². The number of pyridine rings is 1. The molecule has 0 atom stereocenters. The predicted molar refractivity (Wildman–Crippen MR) is 75.8 cm³/mol. The van der Waals surface area contributed by atoms with Crippen LogP contribution in [0.4, 0.5) is 10.8 Å². The molecule has 0 unspecified atom stereocenters. The second kappa shape index (κ2) is 6.01. The lowest BCUT2D eigenvalue weighted by atomic mass is 10.4. The van der Waals surface area contributed by atoms with Crippen molar-refractivity contribution in [2.75, 3.05) is 17.1 Å². The van der Waals surface area contributed by atoms with Crippen LogP contribution in [-0.4, -0.2) is 36.6 Å². The lowest BCUT2D eigenvalue weighted by molar-refractivity contribution is -0.114. The van der Waals surface area contributed by atoms with Gasteiger partial charge in [-0.25, -0.2) is 4.98 Å². The zero-order chi connectivity index (χ0) is 15.5. The topological polar surface area (TPSA) is 123 Å². The standard InChI is InChI=1S/C10H11N5O4S2/c1-6(16)12-9-13-14-10(20-9)21(17,18)15-7-3-4-8(19-2)11-5-7/h3-5,15H,1-2H3,(H,12,13,16). The molecule has 21 heavy (non-hydrogen) atoms. The Labute approximate surface area is 124 Å². The van der Waals surface area contributed by atoms with Crippen LogP contribution in [0.15, 0.2) is 22.7 Å². The van der Waals surface area contributed by atoms with Gasteiger partial charge in [0.1, 0.15) is 0 Å². The highest BCUT2D eigenvalue weighted by Crippen LogP contribution is 2.22. The maximum Gasteiger partial charge on any atom is 0.291 e. The van der Waals surface area contributed by atoms with Gasteiger partial charge in [-0.2, -0.15) is 8.42 Å². The van der Waals surface area contributed by atoms with Crippen LogP contribution >= 0.6 is 11.3 Å². The zero-order valence-electron chi connectivity index (χ0n) is 11.0. The SMILES string of the molecule is COc1ccc(NS(=O)(=O)c2nnc(NC(C)=O)s2)cn1. The van der Waals surface area contributed by atoms with Crippen LogP contribution in [0, 0.1) is 0 Å². The summed E-state index contributed by atoms with van der Waals surface area (Å²) in [5.41, 5.74) is 0.257. The molecule has 0 aliphatic heterocycles. The number of sulfonamides is 1. The Bertz CT molecular complexity index is 741. The van der Waals surface area contributed by atoms with E-state index in [0.717, 1.165) is 11.3 Å². The zero-order valence-corrected chi connectivity index (χ0v) is 12.7. The van der Waals surface area contributed by atoms with Crippen LogP contribution in [0.25, 0.3) is 0 Å². The number of carbonyl (C=O) groups excluding carboxylic acids is 1. The average molecular weight is 329 g/mol. The Balaban J connectivity index is 2.17. The van der Waals surface area contributed by atoms with Crippen LogP contribution in [0.2, 0.25) is 0 Å². The molecule has 0 spiro atoms. The summed E-state index contributed by atoms with van der Waals surface area (Å²) in [6, 6.07) is 3.01. The van der Waals surface area contributed by atoms with Crippen molar-refractivity contribution in [3.63, 3.8) is 0 Å². The van der Waals surface area contributed by atoms with E-state index in [-0.39, 0.29) is 21.1 Å². The molecule has 0 bridgehead atoms. The molecule has 2 aromatic rings. The van der Waals surface area contributed by atoms with E-state index < -0.39 is 10.0 Å². The molecule has 112 valence electrons. The van der Waals surface area contributed by atoms with Crippen molar-refractivity contribution in [2.24, 2.45) is 0 Å². The third-order valence-corrected chi connectivity index (χ3v) is 4.70. The number of amides is 1. The summed E-state index contributed by atoms with van der Waals surface area (Å²) in [7, 11) is -2.43. The Morgan fingerprint density at radius 2 is 2.10 bits per heavy atom. The minimum atomic E-state index is -3.89.